The first-order chi connectivity index (χ1) is 10.0. The second-order valence-corrected chi connectivity index (χ2v) is 6.07. The van der Waals surface area contributed by atoms with E-state index in [0.29, 0.717) is 11.8 Å². The lowest BCUT2D eigenvalue weighted by molar-refractivity contribution is -0.131. The number of hydrogen-bond acceptors (Lipinski definition) is 3. The van der Waals surface area contributed by atoms with Crippen LogP contribution in [0.25, 0.3) is 0 Å². The average Bonchev–Trinajstić information content (AvgIpc) is 2.92. The van der Waals surface area contributed by atoms with Gasteiger partial charge in [-0.25, -0.2) is 0 Å². The molecular formula is C17H26N2O2. The molecule has 1 fully saturated rings. The van der Waals surface area contributed by atoms with E-state index in [1.165, 1.54) is 5.56 Å². The molecule has 0 bridgehead atoms. The van der Waals surface area contributed by atoms with E-state index in [9.17, 15) is 4.79 Å². The Labute approximate surface area is 127 Å². The molecule has 1 aromatic rings. The number of methoxy groups -OCH3 is 1. The van der Waals surface area contributed by atoms with Gasteiger partial charge in [-0.3, -0.25) is 4.79 Å². The van der Waals surface area contributed by atoms with Gasteiger partial charge in [-0.15, -0.1) is 0 Å². The van der Waals surface area contributed by atoms with E-state index in [0.717, 1.165) is 25.4 Å². The lowest BCUT2D eigenvalue weighted by Crippen LogP contribution is -2.40. The maximum Gasteiger partial charge on any atom is 0.219 e. The molecule has 1 saturated heterocycles. The van der Waals surface area contributed by atoms with Crippen molar-refractivity contribution < 1.29 is 9.53 Å². The van der Waals surface area contributed by atoms with Gasteiger partial charge in [0.2, 0.25) is 5.91 Å². The van der Waals surface area contributed by atoms with Crippen LogP contribution in [-0.2, 0) is 4.79 Å². The van der Waals surface area contributed by atoms with Gasteiger partial charge in [-0.1, -0.05) is 12.1 Å². The van der Waals surface area contributed by atoms with E-state index in [4.69, 9.17) is 4.74 Å². The molecule has 0 aromatic heterocycles. The van der Waals surface area contributed by atoms with Gasteiger partial charge in [0.25, 0.3) is 0 Å². The molecule has 1 aliphatic rings. The number of nitrogens with one attached hydrogen (secondary N) is 1. The van der Waals surface area contributed by atoms with Gasteiger partial charge in [0, 0.05) is 38.5 Å². The van der Waals surface area contributed by atoms with Gasteiger partial charge in [-0.05, 0) is 37.5 Å². The van der Waals surface area contributed by atoms with Crippen LogP contribution in [-0.4, -0.2) is 43.6 Å². The zero-order valence-corrected chi connectivity index (χ0v) is 13.4. The van der Waals surface area contributed by atoms with Crippen molar-refractivity contribution in [2.24, 2.45) is 5.92 Å². The molecule has 116 valence electrons. The van der Waals surface area contributed by atoms with Crippen molar-refractivity contribution in [2.45, 2.75) is 32.7 Å². The molecule has 1 heterocycles. The maximum absolute atomic E-state index is 11.8. The zero-order valence-electron chi connectivity index (χ0n) is 13.4. The van der Waals surface area contributed by atoms with Gasteiger partial charge in [0.05, 0.1) is 7.11 Å². The molecule has 4 heteroatoms. The van der Waals surface area contributed by atoms with E-state index in [2.05, 4.69) is 31.3 Å². The van der Waals surface area contributed by atoms with Crippen LogP contribution in [0.2, 0.25) is 0 Å². The highest BCUT2D eigenvalue weighted by molar-refractivity contribution is 5.73. The first-order valence-corrected chi connectivity index (χ1v) is 7.64. The second-order valence-electron chi connectivity index (χ2n) is 6.07. The Kier molecular flexibility index (Phi) is 5.23. The van der Waals surface area contributed by atoms with E-state index < -0.39 is 0 Å². The van der Waals surface area contributed by atoms with Crippen molar-refractivity contribution in [3.63, 3.8) is 0 Å². The minimum atomic E-state index is 0.154. The molecule has 2 unspecified atom stereocenters. The van der Waals surface area contributed by atoms with Gasteiger partial charge in [0.1, 0.15) is 5.75 Å². The first kappa shape index (κ1) is 15.8. The van der Waals surface area contributed by atoms with E-state index in [-0.39, 0.29) is 11.9 Å². The summed E-state index contributed by atoms with van der Waals surface area (Å²) in [5.41, 5.74) is 1.29. The van der Waals surface area contributed by atoms with Crippen molar-refractivity contribution in [1.29, 1.82) is 0 Å². The smallest absolute Gasteiger partial charge is 0.219 e. The molecule has 4 nitrogen and oxygen atoms in total. The molecular weight excluding hydrogens is 264 g/mol. The molecule has 0 radical (unpaired) electrons. The van der Waals surface area contributed by atoms with Gasteiger partial charge < -0.3 is 15.0 Å². The molecule has 21 heavy (non-hydrogen) atoms. The number of ether oxygens (including phenoxy) is 1. The van der Waals surface area contributed by atoms with Crippen molar-refractivity contribution in [2.75, 3.05) is 26.7 Å². The van der Waals surface area contributed by atoms with Gasteiger partial charge in [-0.2, -0.15) is 0 Å². The van der Waals surface area contributed by atoms with Crippen LogP contribution in [0.1, 0.15) is 32.3 Å². The molecule has 2 atom stereocenters. The Hall–Kier alpha value is -1.55. The highest BCUT2D eigenvalue weighted by Gasteiger charge is 2.31. The fraction of sp³-hybridized carbons (Fsp3) is 0.588. The Morgan fingerprint density at radius 1 is 1.43 bits per heavy atom. The van der Waals surface area contributed by atoms with E-state index in [1.54, 1.807) is 14.0 Å². The number of amides is 1. The summed E-state index contributed by atoms with van der Waals surface area (Å²) >= 11 is 0. The molecule has 1 aliphatic heterocycles. The average molecular weight is 290 g/mol. The first-order valence-electron chi connectivity index (χ1n) is 7.64. The van der Waals surface area contributed by atoms with Crippen LogP contribution in [0.5, 0.6) is 5.75 Å². The Balaban J connectivity index is 2.14. The topological polar surface area (TPSA) is 41.6 Å². The molecule has 0 aliphatic carbocycles. The largest absolute Gasteiger partial charge is 0.497 e. The standard InChI is InChI=1S/C17H26N2O2/c1-12(2)19(13(3)20)11-15-9-18-10-17(15)14-6-5-7-16(8-14)21-4/h5-8,12,15,17-18H,9-11H2,1-4H3. The summed E-state index contributed by atoms with van der Waals surface area (Å²) < 4.78 is 5.32. The summed E-state index contributed by atoms with van der Waals surface area (Å²) in [5, 5.41) is 3.46. The van der Waals surface area contributed by atoms with Crippen LogP contribution < -0.4 is 10.1 Å². The van der Waals surface area contributed by atoms with Crippen LogP contribution >= 0.6 is 0 Å². The third kappa shape index (κ3) is 3.76. The molecule has 1 aromatic carbocycles. The minimum absolute atomic E-state index is 0.154. The quantitative estimate of drug-likeness (QED) is 0.904. The van der Waals surface area contributed by atoms with Crippen molar-refractivity contribution in [3.05, 3.63) is 29.8 Å². The number of rotatable bonds is 5. The fourth-order valence-corrected chi connectivity index (χ4v) is 3.14. The highest BCUT2D eigenvalue weighted by atomic mass is 16.5. The van der Waals surface area contributed by atoms with Crippen molar-refractivity contribution in [3.8, 4) is 5.75 Å². The summed E-state index contributed by atoms with van der Waals surface area (Å²) in [6.07, 6.45) is 0. The molecule has 0 spiro atoms. The van der Waals surface area contributed by atoms with Gasteiger partial charge in [0.15, 0.2) is 0 Å². The molecule has 0 saturated carbocycles. The minimum Gasteiger partial charge on any atom is -0.497 e. The van der Waals surface area contributed by atoms with Gasteiger partial charge >= 0.3 is 0 Å². The Bertz CT molecular complexity index is 487. The summed E-state index contributed by atoms with van der Waals surface area (Å²) in [7, 11) is 1.69. The zero-order chi connectivity index (χ0) is 15.4. The number of carbonyl (C=O) groups is 1. The summed E-state index contributed by atoms with van der Waals surface area (Å²) in [6, 6.07) is 8.51. The summed E-state index contributed by atoms with van der Waals surface area (Å²) in [5.74, 6) is 1.93. The highest BCUT2D eigenvalue weighted by Crippen LogP contribution is 2.31. The van der Waals surface area contributed by atoms with Crippen molar-refractivity contribution in [1.82, 2.24) is 10.2 Å². The number of carbonyl (C=O) groups excluding carboxylic acids is 1. The third-order valence-electron chi connectivity index (χ3n) is 4.32. The van der Waals surface area contributed by atoms with Crippen LogP contribution in [0.3, 0.4) is 0 Å². The van der Waals surface area contributed by atoms with E-state index in [1.807, 2.05) is 17.0 Å². The van der Waals surface area contributed by atoms with Crippen LogP contribution in [0, 0.1) is 5.92 Å². The van der Waals surface area contributed by atoms with Crippen LogP contribution in [0.15, 0.2) is 24.3 Å². The summed E-state index contributed by atoms with van der Waals surface area (Å²) in [4.78, 5) is 13.8. The second kappa shape index (κ2) is 6.94. The number of benzene rings is 1. The number of nitrogens with zero attached hydrogens (tertiary/aromatic N) is 1. The molecule has 1 N–H and O–H groups in total. The lowest BCUT2D eigenvalue weighted by atomic mass is 9.88. The monoisotopic (exact) mass is 290 g/mol. The predicted molar refractivity (Wildman–Crippen MR) is 84.6 cm³/mol. The number of hydrogen-bond donors (Lipinski definition) is 1. The molecule has 1 amide bonds. The van der Waals surface area contributed by atoms with E-state index >= 15 is 0 Å². The third-order valence-corrected chi connectivity index (χ3v) is 4.32. The SMILES string of the molecule is COc1cccc(C2CNCC2CN(C(C)=O)C(C)C)c1. The fourth-order valence-electron chi connectivity index (χ4n) is 3.14. The van der Waals surface area contributed by atoms with Crippen LogP contribution in [0.4, 0.5) is 0 Å². The molecule has 2 rings (SSSR count). The predicted octanol–water partition coefficient (Wildman–Crippen LogP) is 2.26. The summed E-state index contributed by atoms with van der Waals surface area (Å²) in [6.45, 7) is 8.53. The van der Waals surface area contributed by atoms with Crippen molar-refractivity contribution >= 4 is 5.91 Å². The Morgan fingerprint density at radius 2 is 2.19 bits per heavy atom. The normalized spacial score (nSPS) is 21.6. The Morgan fingerprint density at radius 3 is 2.81 bits per heavy atom. The lowest BCUT2D eigenvalue weighted by Gasteiger charge is -2.30. The maximum atomic E-state index is 11.8.